The van der Waals surface area contributed by atoms with Crippen LogP contribution in [0.4, 0.5) is 0 Å². The molecule has 4 rings (SSSR count). The van der Waals surface area contributed by atoms with Gasteiger partial charge < -0.3 is 9.47 Å². The summed E-state index contributed by atoms with van der Waals surface area (Å²) < 4.78 is 13.2. The second-order valence-corrected chi connectivity index (χ2v) is 8.53. The summed E-state index contributed by atoms with van der Waals surface area (Å²) in [5, 5.41) is 0. The molecule has 0 unspecified atom stereocenters. The second-order valence-electron chi connectivity index (χ2n) is 6.85. The Kier molecular flexibility index (Phi) is 6.11. The van der Waals surface area contributed by atoms with E-state index in [9.17, 15) is 9.59 Å². The van der Waals surface area contributed by atoms with Crippen molar-refractivity contribution >= 4 is 45.9 Å². The molecule has 1 fully saturated rings. The topological polar surface area (TPSA) is 73.1 Å². The van der Waals surface area contributed by atoms with Crippen LogP contribution in [0.3, 0.4) is 0 Å². The Bertz CT molecular complexity index is 1350. The standard InChI is InChI=1S/C23H19N3O4S2/c1-4-11-26-22(28)18(32-23(26)31)13-15-20(30-17-10-6-5-9-16(17)29-3)24-19-14(2)8-7-12-25(19)21(15)27/h4-10,12-13H,1,11H2,2-3H3/b18-13+. The first kappa shape index (κ1) is 21.8. The number of para-hydroxylation sites is 2. The van der Waals surface area contributed by atoms with Gasteiger partial charge in [-0.1, -0.05) is 48.3 Å². The summed E-state index contributed by atoms with van der Waals surface area (Å²) >= 11 is 6.43. The predicted molar refractivity (Wildman–Crippen MR) is 129 cm³/mol. The van der Waals surface area contributed by atoms with Crippen molar-refractivity contribution in [1.29, 1.82) is 0 Å². The van der Waals surface area contributed by atoms with E-state index in [1.807, 2.05) is 19.1 Å². The Hall–Kier alpha value is -3.43. The number of fused-ring (bicyclic) bond motifs is 1. The van der Waals surface area contributed by atoms with Crippen LogP contribution in [0.2, 0.25) is 0 Å². The molecule has 162 valence electrons. The van der Waals surface area contributed by atoms with Gasteiger partial charge in [0.1, 0.15) is 15.5 Å². The molecule has 0 radical (unpaired) electrons. The Balaban J connectivity index is 1.91. The summed E-state index contributed by atoms with van der Waals surface area (Å²) in [6.07, 6.45) is 4.71. The molecule has 7 nitrogen and oxygen atoms in total. The molecular formula is C23H19N3O4S2. The zero-order valence-electron chi connectivity index (χ0n) is 17.4. The number of thioether (sulfide) groups is 1. The Morgan fingerprint density at radius 3 is 2.66 bits per heavy atom. The highest BCUT2D eigenvalue weighted by Gasteiger charge is 2.32. The predicted octanol–water partition coefficient (Wildman–Crippen LogP) is 4.19. The number of rotatable bonds is 6. The normalized spacial score (nSPS) is 14.9. The Morgan fingerprint density at radius 2 is 1.94 bits per heavy atom. The monoisotopic (exact) mass is 465 g/mol. The maximum Gasteiger partial charge on any atom is 0.269 e. The summed E-state index contributed by atoms with van der Waals surface area (Å²) in [6, 6.07) is 10.7. The Morgan fingerprint density at radius 1 is 1.19 bits per heavy atom. The molecule has 1 amide bonds. The Labute approximate surface area is 194 Å². The minimum atomic E-state index is -0.363. The highest BCUT2D eigenvalue weighted by molar-refractivity contribution is 8.26. The number of aryl methyl sites for hydroxylation is 1. The third-order valence-corrected chi connectivity index (χ3v) is 6.16. The molecule has 0 saturated carbocycles. The number of hydrogen-bond donors (Lipinski definition) is 0. The van der Waals surface area contributed by atoms with Gasteiger partial charge in [0.25, 0.3) is 11.5 Å². The van der Waals surface area contributed by atoms with Gasteiger partial charge in [-0.05, 0) is 36.8 Å². The van der Waals surface area contributed by atoms with E-state index >= 15 is 0 Å². The van der Waals surface area contributed by atoms with Crippen molar-refractivity contribution in [2.45, 2.75) is 6.92 Å². The lowest BCUT2D eigenvalue weighted by Crippen LogP contribution is -2.28. The lowest BCUT2D eigenvalue weighted by Gasteiger charge is -2.13. The zero-order chi connectivity index (χ0) is 22.8. The number of hydrogen-bond acceptors (Lipinski definition) is 7. The van der Waals surface area contributed by atoms with Gasteiger partial charge in [0.15, 0.2) is 11.5 Å². The van der Waals surface area contributed by atoms with Gasteiger partial charge >= 0.3 is 0 Å². The first-order chi connectivity index (χ1) is 15.4. The van der Waals surface area contributed by atoms with E-state index < -0.39 is 0 Å². The van der Waals surface area contributed by atoms with Crippen LogP contribution in [0.5, 0.6) is 17.4 Å². The van der Waals surface area contributed by atoms with Crippen molar-refractivity contribution in [2.24, 2.45) is 0 Å². The lowest BCUT2D eigenvalue weighted by molar-refractivity contribution is -0.121. The van der Waals surface area contributed by atoms with Crippen LogP contribution in [0, 0.1) is 6.92 Å². The number of nitrogens with zero attached hydrogens (tertiary/aromatic N) is 3. The van der Waals surface area contributed by atoms with E-state index in [0.29, 0.717) is 32.9 Å². The third-order valence-electron chi connectivity index (χ3n) is 4.79. The fourth-order valence-electron chi connectivity index (χ4n) is 3.22. The van der Waals surface area contributed by atoms with Crippen molar-refractivity contribution in [3.8, 4) is 17.4 Å². The SMILES string of the molecule is C=CCN1C(=O)/C(=C\c2c(Oc3ccccc3OC)nc3c(C)cccn3c2=O)SC1=S. The van der Waals surface area contributed by atoms with E-state index in [4.69, 9.17) is 21.7 Å². The average Bonchev–Trinajstić information content (AvgIpc) is 3.05. The van der Waals surface area contributed by atoms with Crippen LogP contribution >= 0.6 is 24.0 Å². The van der Waals surface area contributed by atoms with Crippen molar-refractivity contribution in [3.63, 3.8) is 0 Å². The second kappa shape index (κ2) is 8.97. The highest BCUT2D eigenvalue weighted by Crippen LogP contribution is 2.35. The smallest absolute Gasteiger partial charge is 0.269 e. The molecule has 0 aliphatic carbocycles. The minimum absolute atomic E-state index is 0.0720. The number of carbonyl (C=O) groups excluding carboxylic acids is 1. The summed E-state index contributed by atoms with van der Waals surface area (Å²) in [6.45, 7) is 5.81. The summed E-state index contributed by atoms with van der Waals surface area (Å²) in [4.78, 5) is 32.6. The fourth-order valence-corrected chi connectivity index (χ4v) is 4.48. The minimum Gasteiger partial charge on any atom is -0.493 e. The van der Waals surface area contributed by atoms with Crippen molar-refractivity contribution in [2.75, 3.05) is 13.7 Å². The molecule has 1 aromatic carbocycles. The number of aromatic nitrogens is 2. The molecule has 0 atom stereocenters. The molecule has 3 heterocycles. The molecule has 32 heavy (non-hydrogen) atoms. The van der Waals surface area contributed by atoms with Gasteiger partial charge in [0.05, 0.1) is 12.0 Å². The number of amides is 1. The average molecular weight is 466 g/mol. The molecule has 0 N–H and O–H groups in total. The molecule has 2 aromatic heterocycles. The summed E-state index contributed by atoms with van der Waals surface area (Å²) in [7, 11) is 1.53. The van der Waals surface area contributed by atoms with Crippen molar-refractivity contribution in [3.05, 3.63) is 81.6 Å². The van der Waals surface area contributed by atoms with Crippen LogP contribution in [-0.4, -0.2) is 38.2 Å². The number of methoxy groups -OCH3 is 1. The van der Waals surface area contributed by atoms with Crippen LogP contribution in [0.25, 0.3) is 11.7 Å². The van der Waals surface area contributed by atoms with Gasteiger partial charge in [-0.15, -0.1) is 6.58 Å². The van der Waals surface area contributed by atoms with Gasteiger partial charge in [-0.2, -0.15) is 4.98 Å². The van der Waals surface area contributed by atoms with Crippen LogP contribution in [0.15, 0.2) is 64.9 Å². The van der Waals surface area contributed by atoms with Crippen LogP contribution in [0.1, 0.15) is 11.1 Å². The number of benzene rings is 1. The van der Waals surface area contributed by atoms with Crippen molar-refractivity contribution < 1.29 is 14.3 Å². The molecule has 0 bridgehead atoms. The van der Waals surface area contributed by atoms with Gasteiger partial charge in [-0.3, -0.25) is 18.9 Å². The highest BCUT2D eigenvalue weighted by atomic mass is 32.2. The number of ether oxygens (including phenoxy) is 2. The van der Waals surface area contributed by atoms with E-state index in [1.54, 1.807) is 36.5 Å². The molecule has 1 aliphatic heterocycles. The summed E-state index contributed by atoms with van der Waals surface area (Å²) in [5.74, 6) is 0.663. The molecule has 3 aromatic rings. The maximum atomic E-state index is 13.4. The molecule has 0 spiro atoms. The third kappa shape index (κ3) is 3.92. The van der Waals surface area contributed by atoms with E-state index in [2.05, 4.69) is 11.6 Å². The van der Waals surface area contributed by atoms with Gasteiger partial charge in [0, 0.05) is 12.7 Å². The maximum absolute atomic E-state index is 13.4. The summed E-state index contributed by atoms with van der Waals surface area (Å²) in [5.41, 5.74) is 1.03. The largest absolute Gasteiger partial charge is 0.493 e. The lowest BCUT2D eigenvalue weighted by atomic mass is 10.2. The molecule has 1 saturated heterocycles. The van der Waals surface area contributed by atoms with E-state index in [-0.39, 0.29) is 22.9 Å². The van der Waals surface area contributed by atoms with Gasteiger partial charge in [-0.25, -0.2) is 0 Å². The first-order valence-corrected chi connectivity index (χ1v) is 10.9. The van der Waals surface area contributed by atoms with E-state index in [0.717, 1.165) is 17.3 Å². The quantitative estimate of drug-likeness (QED) is 0.307. The zero-order valence-corrected chi connectivity index (χ0v) is 19.0. The first-order valence-electron chi connectivity index (χ1n) is 9.63. The number of thiocarbonyl (C=S) groups is 1. The molecule has 1 aliphatic rings. The van der Waals surface area contributed by atoms with Crippen molar-refractivity contribution in [1.82, 2.24) is 14.3 Å². The van der Waals surface area contributed by atoms with Crippen LogP contribution in [-0.2, 0) is 4.79 Å². The molecular weight excluding hydrogens is 446 g/mol. The van der Waals surface area contributed by atoms with Gasteiger partial charge in [0.2, 0.25) is 5.88 Å². The fraction of sp³-hybridized carbons (Fsp3) is 0.130. The van der Waals surface area contributed by atoms with Crippen LogP contribution < -0.4 is 15.0 Å². The number of pyridine rings is 1. The molecule has 9 heteroatoms. The number of carbonyl (C=O) groups is 1. The van der Waals surface area contributed by atoms with E-state index in [1.165, 1.54) is 22.5 Å².